The molecule has 0 bridgehead atoms. The Balaban J connectivity index is 2.48. The zero-order valence-electron chi connectivity index (χ0n) is 7.45. The topological polar surface area (TPSA) is 46.3 Å². The van der Waals surface area contributed by atoms with Gasteiger partial charge < -0.3 is 10.6 Å². The number of carbonyl (C=O) groups excluding carboxylic acids is 1. The zero-order valence-corrected chi connectivity index (χ0v) is 8.27. The molecule has 0 aromatic heterocycles. The molecule has 1 saturated heterocycles. The highest BCUT2D eigenvalue weighted by Gasteiger charge is 2.24. The van der Waals surface area contributed by atoms with Crippen molar-refractivity contribution in [1.82, 2.24) is 4.90 Å². The molecule has 3 nitrogen and oxygen atoms in total. The third-order valence-corrected chi connectivity index (χ3v) is 3.33. The van der Waals surface area contributed by atoms with Crippen LogP contribution in [0.5, 0.6) is 0 Å². The fraction of sp³-hybridized carbons (Fsp3) is 0.875. The Morgan fingerprint density at radius 1 is 1.75 bits per heavy atom. The number of thioether (sulfide) groups is 1. The fourth-order valence-corrected chi connectivity index (χ4v) is 2.75. The number of hydrogen-bond donors (Lipinski definition) is 1. The van der Waals surface area contributed by atoms with Gasteiger partial charge in [-0.3, -0.25) is 4.79 Å². The SMILES string of the molecule is CCN(C(=O)CN)[C@@H]1CCSC1. The quantitative estimate of drug-likeness (QED) is 0.693. The maximum atomic E-state index is 11.3. The molecule has 1 atom stereocenters. The number of rotatable bonds is 3. The van der Waals surface area contributed by atoms with E-state index in [0.717, 1.165) is 18.7 Å². The van der Waals surface area contributed by atoms with Crippen molar-refractivity contribution in [3.05, 3.63) is 0 Å². The van der Waals surface area contributed by atoms with Gasteiger partial charge in [0.1, 0.15) is 0 Å². The van der Waals surface area contributed by atoms with Crippen LogP contribution in [0.1, 0.15) is 13.3 Å². The van der Waals surface area contributed by atoms with Gasteiger partial charge in [-0.05, 0) is 19.1 Å². The molecule has 1 amide bonds. The zero-order chi connectivity index (χ0) is 8.97. The molecule has 1 fully saturated rings. The summed E-state index contributed by atoms with van der Waals surface area (Å²) in [4.78, 5) is 13.2. The van der Waals surface area contributed by atoms with Crippen LogP contribution in [0.25, 0.3) is 0 Å². The number of nitrogens with two attached hydrogens (primary N) is 1. The molecular weight excluding hydrogens is 172 g/mol. The molecule has 1 aliphatic rings. The third-order valence-electron chi connectivity index (χ3n) is 2.18. The minimum absolute atomic E-state index is 0.0880. The Bertz CT molecular complexity index is 157. The van der Waals surface area contributed by atoms with Crippen molar-refractivity contribution in [3.8, 4) is 0 Å². The van der Waals surface area contributed by atoms with Crippen molar-refractivity contribution in [1.29, 1.82) is 0 Å². The van der Waals surface area contributed by atoms with Crippen molar-refractivity contribution >= 4 is 17.7 Å². The summed E-state index contributed by atoms with van der Waals surface area (Å²) < 4.78 is 0. The van der Waals surface area contributed by atoms with E-state index in [2.05, 4.69) is 0 Å². The van der Waals surface area contributed by atoms with Gasteiger partial charge in [0.2, 0.25) is 5.91 Å². The molecule has 0 radical (unpaired) electrons. The Morgan fingerprint density at radius 2 is 2.50 bits per heavy atom. The summed E-state index contributed by atoms with van der Waals surface area (Å²) in [7, 11) is 0. The Morgan fingerprint density at radius 3 is 2.92 bits per heavy atom. The highest BCUT2D eigenvalue weighted by atomic mass is 32.2. The van der Waals surface area contributed by atoms with E-state index in [1.807, 2.05) is 23.6 Å². The van der Waals surface area contributed by atoms with E-state index in [4.69, 9.17) is 5.73 Å². The lowest BCUT2D eigenvalue weighted by atomic mass is 10.2. The molecule has 1 heterocycles. The second-order valence-electron chi connectivity index (χ2n) is 2.90. The number of amides is 1. The van der Waals surface area contributed by atoms with Gasteiger partial charge in [-0.2, -0.15) is 11.8 Å². The average Bonchev–Trinajstić information content (AvgIpc) is 2.58. The molecule has 0 unspecified atom stereocenters. The number of hydrogen-bond acceptors (Lipinski definition) is 3. The van der Waals surface area contributed by atoms with Gasteiger partial charge in [-0.25, -0.2) is 0 Å². The lowest BCUT2D eigenvalue weighted by molar-refractivity contribution is -0.131. The molecule has 4 heteroatoms. The minimum Gasteiger partial charge on any atom is -0.338 e. The largest absolute Gasteiger partial charge is 0.338 e. The highest BCUT2D eigenvalue weighted by molar-refractivity contribution is 7.99. The van der Waals surface area contributed by atoms with Crippen LogP contribution in [0.2, 0.25) is 0 Å². The lowest BCUT2D eigenvalue weighted by Gasteiger charge is -2.26. The Hall–Kier alpha value is -0.220. The van der Waals surface area contributed by atoms with E-state index in [0.29, 0.717) is 6.04 Å². The van der Waals surface area contributed by atoms with Crippen LogP contribution < -0.4 is 5.73 Å². The Labute approximate surface area is 77.7 Å². The summed E-state index contributed by atoms with van der Waals surface area (Å²) in [6.45, 7) is 2.95. The summed E-state index contributed by atoms with van der Waals surface area (Å²) in [6, 6.07) is 0.441. The second-order valence-corrected chi connectivity index (χ2v) is 4.05. The maximum absolute atomic E-state index is 11.3. The van der Waals surface area contributed by atoms with Crippen molar-refractivity contribution < 1.29 is 4.79 Å². The van der Waals surface area contributed by atoms with Crippen LogP contribution in [0.4, 0.5) is 0 Å². The standard InChI is InChI=1S/C8H16N2OS/c1-2-10(8(11)5-9)7-3-4-12-6-7/h7H,2-6,9H2,1H3/t7-/m1/s1. The first-order valence-corrected chi connectivity index (χ1v) is 5.52. The fourth-order valence-electron chi connectivity index (χ4n) is 1.52. The summed E-state index contributed by atoms with van der Waals surface area (Å²) in [5.41, 5.74) is 5.32. The van der Waals surface area contributed by atoms with Crippen molar-refractivity contribution in [2.24, 2.45) is 5.73 Å². The van der Waals surface area contributed by atoms with Gasteiger partial charge in [-0.1, -0.05) is 0 Å². The van der Waals surface area contributed by atoms with E-state index < -0.39 is 0 Å². The average molecular weight is 188 g/mol. The molecule has 0 spiro atoms. The number of carbonyl (C=O) groups is 1. The van der Waals surface area contributed by atoms with Crippen molar-refractivity contribution in [3.63, 3.8) is 0 Å². The summed E-state index contributed by atoms with van der Waals surface area (Å²) >= 11 is 1.92. The molecule has 12 heavy (non-hydrogen) atoms. The Kier molecular flexibility index (Phi) is 3.88. The van der Waals surface area contributed by atoms with Crippen LogP contribution in [0.3, 0.4) is 0 Å². The van der Waals surface area contributed by atoms with Gasteiger partial charge in [0.15, 0.2) is 0 Å². The summed E-state index contributed by atoms with van der Waals surface area (Å²) in [6.07, 6.45) is 1.13. The highest BCUT2D eigenvalue weighted by Crippen LogP contribution is 2.21. The third kappa shape index (κ3) is 2.14. The molecule has 0 saturated carbocycles. The monoisotopic (exact) mass is 188 g/mol. The minimum atomic E-state index is 0.0880. The van der Waals surface area contributed by atoms with Crippen molar-refractivity contribution in [2.45, 2.75) is 19.4 Å². The predicted octanol–water partition coefficient (Wildman–Crippen LogP) is 0.299. The van der Waals surface area contributed by atoms with Crippen LogP contribution in [-0.4, -0.2) is 41.4 Å². The molecule has 0 aromatic carbocycles. The molecule has 2 N–H and O–H groups in total. The first kappa shape index (κ1) is 9.86. The first-order valence-electron chi connectivity index (χ1n) is 4.36. The van der Waals surface area contributed by atoms with Crippen molar-refractivity contribution in [2.75, 3.05) is 24.6 Å². The van der Waals surface area contributed by atoms with Gasteiger partial charge in [-0.15, -0.1) is 0 Å². The molecular formula is C8H16N2OS. The second kappa shape index (κ2) is 4.72. The van der Waals surface area contributed by atoms with E-state index in [9.17, 15) is 4.79 Å². The number of nitrogens with zero attached hydrogens (tertiary/aromatic N) is 1. The summed E-state index contributed by atoms with van der Waals surface area (Å²) in [5, 5.41) is 0. The van der Waals surface area contributed by atoms with Gasteiger partial charge in [0, 0.05) is 18.3 Å². The van der Waals surface area contributed by atoms with Crippen LogP contribution >= 0.6 is 11.8 Å². The van der Waals surface area contributed by atoms with E-state index in [-0.39, 0.29) is 12.5 Å². The molecule has 0 aliphatic carbocycles. The lowest BCUT2D eigenvalue weighted by Crippen LogP contribution is -2.43. The van der Waals surface area contributed by atoms with Gasteiger partial charge in [0.05, 0.1) is 6.54 Å². The molecule has 1 rings (SSSR count). The van der Waals surface area contributed by atoms with E-state index in [1.54, 1.807) is 0 Å². The van der Waals surface area contributed by atoms with Gasteiger partial charge in [0.25, 0.3) is 0 Å². The van der Waals surface area contributed by atoms with Crippen LogP contribution in [0.15, 0.2) is 0 Å². The molecule has 1 aliphatic heterocycles. The van der Waals surface area contributed by atoms with Crippen LogP contribution in [0, 0.1) is 0 Å². The smallest absolute Gasteiger partial charge is 0.236 e. The van der Waals surface area contributed by atoms with Crippen LogP contribution in [-0.2, 0) is 4.79 Å². The van der Waals surface area contributed by atoms with Gasteiger partial charge >= 0.3 is 0 Å². The first-order chi connectivity index (χ1) is 5.79. The van der Waals surface area contributed by atoms with E-state index >= 15 is 0 Å². The van der Waals surface area contributed by atoms with E-state index in [1.165, 1.54) is 5.75 Å². The maximum Gasteiger partial charge on any atom is 0.236 e. The number of likely N-dealkylation sites (N-methyl/N-ethyl adjacent to an activating group) is 1. The molecule has 0 aromatic rings. The predicted molar refractivity (Wildman–Crippen MR) is 52.2 cm³/mol. The normalized spacial score (nSPS) is 22.7. The summed E-state index contributed by atoms with van der Waals surface area (Å²) in [5.74, 6) is 2.35. The molecule has 70 valence electrons.